The molecule has 2 heteroatoms. The second kappa shape index (κ2) is 4.30. The lowest BCUT2D eigenvalue weighted by Gasteiger charge is -2.47. The maximum Gasteiger partial charge on any atom is 0.0184 e. The third-order valence-corrected chi connectivity index (χ3v) is 4.37. The van der Waals surface area contributed by atoms with Crippen LogP contribution < -0.4 is 0 Å². The average Bonchev–Trinajstić information content (AvgIpc) is 2.16. The summed E-state index contributed by atoms with van der Waals surface area (Å²) in [6.07, 6.45) is 5.46. The third kappa shape index (κ3) is 2.98. The van der Waals surface area contributed by atoms with Gasteiger partial charge in [-0.05, 0) is 36.5 Å². The standard InChI is InChI=1S/C14H28N2/c1-13(2)7-10-15(11-8-13)16-9-5-6-14(3,4)12-16/h5-12H2,1-4H3. The van der Waals surface area contributed by atoms with Crippen molar-refractivity contribution in [1.29, 1.82) is 0 Å². The Bertz CT molecular complexity index is 235. The van der Waals surface area contributed by atoms with Gasteiger partial charge < -0.3 is 0 Å². The van der Waals surface area contributed by atoms with E-state index in [9.17, 15) is 0 Å². The number of hydrazine groups is 1. The number of rotatable bonds is 1. The summed E-state index contributed by atoms with van der Waals surface area (Å²) in [5, 5.41) is 5.24. The molecule has 0 aliphatic carbocycles. The number of hydrogen-bond donors (Lipinski definition) is 0. The van der Waals surface area contributed by atoms with E-state index in [-0.39, 0.29) is 0 Å². The normalized spacial score (nSPS) is 31.5. The second-order valence-corrected chi connectivity index (χ2v) is 7.27. The van der Waals surface area contributed by atoms with Crippen LogP contribution in [0.4, 0.5) is 0 Å². The first-order chi connectivity index (χ1) is 7.38. The SMILES string of the molecule is CC1(C)CCN(N2CCCC(C)(C)C2)CC1. The molecule has 2 saturated heterocycles. The minimum absolute atomic E-state index is 0.519. The Balaban J connectivity index is 1.89. The average molecular weight is 224 g/mol. The summed E-state index contributed by atoms with van der Waals surface area (Å²) >= 11 is 0. The van der Waals surface area contributed by atoms with Crippen molar-refractivity contribution in [3.63, 3.8) is 0 Å². The van der Waals surface area contributed by atoms with Crippen LogP contribution >= 0.6 is 0 Å². The zero-order valence-corrected chi connectivity index (χ0v) is 11.6. The predicted molar refractivity (Wildman–Crippen MR) is 69.2 cm³/mol. The fourth-order valence-corrected chi connectivity index (χ4v) is 3.02. The van der Waals surface area contributed by atoms with Gasteiger partial charge in [0.05, 0.1) is 0 Å². The van der Waals surface area contributed by atoms with Gasteiger partial charge in [0.25, 0.3) is 0 Å². The maximum absolute atomic E-state index is 2.62. The van der Waals surface area contributed by atoms with E-state index in [1.807, 2.05) is 0 Å². The van der Waals surface area contributed by atoms with Crippen LogP contribution in [0.2, 0.25) is 0 Å². The molecule has 0 saturated carbocycles. The van der Waals surface area contributed by atoms with E-state index >= 15 is 0 Å². The van der Waals surface area contributed by atoms with Crippen molar-refractivity contribution in [2.45, 2.75) is 53.4 Å². The van der Waals surface area contributed by atoms with Crippen molar-refractivity contribution in [1.82, 2.24) is 10.0 Å². The predicted octanol–water partition coefficient (Wildman–Crippen LogP) is 3.15. The largest absolute Gasteiger partial charge is 0.242 e. The molecule has 2 heterocycles. The Morgan fingerprint density at radius 2 is 1.31 bits per heavy atom. The first kappa shape index (κ1) is 12.4. The third-order valence-electron chi connectivity index (χ3n) is 4.37. The van der Waals surface area contributed by atoms with Gasteiger partial charge in [0, 0.05) is 26.2 Å². The number of hydrogen-bond acceptors (Lipinski definition) is 2. The Morgan fingerprint density at radius 3 is 1.88 bits per heavy atom. The quantitative estimate of drug-likeness (QED) is 0.675. The highest BCUT2D eigenvalue weighted by Gasteiger charge is 2.33. The summed E-state index contributed by atoms with van der Waals surface area (Å²) < 4.78 is 0. The van der Waals surface area contributed by atoms with Gasteiger partial charge in [0.2, 0.25) is 0 Å². The summed E-state index contributed by atoms with van der Waals surface area (Å²) in [5.41, 5.74) is 1.09. The van der Waals surface area contributed by atoms with Crippen molar-refractivity contribution < 1.29 is 0 Å². The molecule has 16 heavy (non-hydrogen) atoms. The highest BCUT2D eigenvalue weighted by molar-refractivity contribution is 4.82. The Morgan fingerprint density at radius 1 is 0.688 bits per heavy atom. The Kier molecular flexibility index (Phi) is 3.33. The molecule has 0 N–H and O–H groups in total. The van der Waals surface area contributed by atoms with E-state index in [1.54, 1.807) is 0 Å². The molecule has 0 atom stereocenters. The van der Waals surface area contributed by atoms with Crippen LogP contribution in [-0.4, -0.2) is 36.2 Å². The van der Waals surface area contributed by atoms with Crippen LogP contribution in [-0.2, 0) is 0 Å². The molecule has 0 amide bonds. The monoisotopic (exact) mass is 224 g/mol. The van der Waals surface area contributed by atoms with Crippen LogP contribution in [0.1, 0.15) is 53.4 Å². The Hall–Kier alpha value is -0.0800. The van der Waals surface area contributed by atoms with Gasteiger partial charge in [0.15, 0.2) is 0 Å². The molecule has 2 aliphatic heterocycles. The molecule has 2 fully saturated rings. The van der Waals surface area contributed by atoms with E-state index in [4.69, 9.17) is 0 Å². The zero-order valence-electron chi connectivity index (χ0n) is 11.6. The summed E-state index contributed by atoms with van der Waals surface area (Å²) in [4.78, 5) is 0. The van der Waals surface area contributed by atoms with Gasteiger partial charge in [-0.15, -0.1) is 0 Å². The fraction of sp³-hybridized carbons (Fsp3) is 1.00. The fourth-order valence-electron chi connectivity index (χ4n) is 3.02. The second-order valence-electron chi connectivity index (χ2n) is 7.27. The van der Waals surface area contributed by atoms with Crippen molar-refractivity contribution in [2.24, 2.45) is 10.8 Å². The van der Waals surface area contributed by atoms with Gasteiger partial charge in [-0.1, -0.05) is 27.7 Å². The van der Waals surface area contributed by atoms with Gasteiger partial charge in [-0.2, -0.15) is 0 Å². The smallest absolute Gasteiger partial charge is 0.0184 e. The topological polar surface area (TPSA) is 6.48 Å². The van der Waals surface area contributed by atoms with Crippen molar-refractivity contribution in [3.05, 3.63) is 0 Å². The Labute approximate surface area is 101 Å². The van der Waals surface area contributed by atoms with Crippen molar-refractivity contribution in [2.75, 3.05) is 26.2 Å². The van der Waals surface area contributed by atoms with Crippen molar-refractivity contribution >= 4 is 0 Å². The molecule has 0 bridgehead atoms. The minimum atomic E-state index is 0.519. The molecule has 0 aromatic carbocycles. The molecule has 0 spiro atoms. The molecule has 0 radical (unpaired) electrons. The van der Waals surface area contributed by atoms with E-state index in [2.05, 4.69) is 37.7 Å². The van der Waals surface area contributed by atoms with E-state index in [0.717, 1.165) is 0 Å². The van der Waals surface area contributed by atoms with Gasteiger partial charge in [-0.25, -0.2) is 10.0 Å². The molecular formula is C14H28N2. The lowest BCUT2D eigenvalue weighted by molar-refractivity contribution is -0.0979. The molecule has 2 rings (SSSR count). The van der Waals surface area contributed by atoms with Crippen LogP contribution in [0.5, 0.6) is 0 Å². The highest BCUT2D eigenvalue weighted by Crippen LogP contribution is 2.34. The zero-order chi connectivity index (χ0) is 11.8. The molecule has 2 aliphatic rings. The highest BCUT2D eigenvalue weighted by atomic mass is 15.6. The van der Waals surface area contributed by atoms with E-state index in [0.29, 0.717) is 10.8 Å². The molecule has 0 unspecified atom stereocenters. The minimum Gasteiger partial charge on any atom is -0.242 e. The molecule has 94 valence electrons. The van der Waals surface area contributed by atoms with Crippen molar-refractivity contribution in [3.8, 4) is 0 Å². The summed E-state index contributed by atoms with van der Waals surface area (Å²) in [5.74, 6) is 0. The van der Waals surface area contributed by atoms with E-state index in [1.165, 1.54) is 51.9 Å². The number of piperidine rings is 2. The molecule has 2 nitrogen and oxygen atoms in total. The summed E-state index contributed by atoms with van der Waals surface area (Å²) in [7, 11) is 0. The van der Waals surface area contributed by atoms with Crippen LogP contribution in [0.25, 0.3) is 0 Å². The van der Waals surface area contributed by atoms with E-state index < -0.39 is 0 Å². The van der Waals surface area contributed by atoms with Gasteiger partial charge in [-0.3, -0.25) is 0 Å². The molecular weight excluding hydrogens is 196 g/mol. The molecule has 0 aromatic heterocycles. The molecule has 0 aromatic rings. The van der Waals surface area contributed by atoms with Gasteiger partial charge >= 0.3 is 0 Å². The summed E-state index contributed by atoms with van der Waals surface area (Å²) in [6, 6.07) is 0. The summed E-state index contributed by atoms with van der Waals surface area (Å²) in [6.45, 7) is 14.7. The lowest BCUT2D eigenvalue weighted by Crippen LogP contribution is -2.53. The maximum atomic E-state index is 2.62. The first-order valence-corrected chi connectivity index (χ1v) is 6.88. The first-order valence-electron chi connectivity index (χ1n) is 6.88. The van der Waals surface area contributed by atoms with Crippen LogP contribution in [0.15, 0.2) is 0 Å². The van der Waals surface area contributed by atoms with Crippen LogP contribution in [0.3, 0.4) is 0 Å². The van der Waals surface area contributed by atoms with Gasteiger partial charge in [0.1, 0.15) is 0 Å². The number of nitrogens with zero attached hydrogens (tertiary/aromatic N) is 2. The lowest BCUT2D eigenvalue weighted by atomic mass is 9.82. The van der Waals surface area contributed by atoms with Crippen LogP contribution in [0, 0.1) is 10.8 Å².